The van der Waals surface area contributed by atoms with Crippen LogP contribution in [0.25, 0.3) is 0 Å². The molecule has 0 fully saturated rings. The van der Waals surface area contributed by atoms with Gasteiger partial charge in [-0.25, -0.2) is 4.79 Å². The highest BCUT2D eigenvalue weighted by molar-refractivity contribution is 5.71. The molecule has 6 heteroatoms. The van der Waals surface area contributed by atoms with E-state index >= 15 is 0 Å². The van der Waals surface area contributed by atoms with Crippen molar-refractivity contribution < 1.29 is 9.53 Å². The normalized spacial score (nSPS) is 20.9. The molecule has 0 spiro atoms. The standard InChI is InChI=1S/C19H22N4O2/c1-12-14(10-20)17(15(11-21)13(2)22-12)16-8-6-7-9-23(16)18(24)25-19(3,4)5/h6-9,16-17,22H,1-5H3. The number of hydrogen-bond donors (Lipinski definition) is 1. The van der Waals surface area contributed by atoms with E-state index in [0.29, 0.717) is 22.5 Å². The van der Waals surface area contributed by atoms with E-state index in [1.54, 1.807) is 46.9 Å². The molecule has 0 aliphatic carbocycles. The first-order valence-electron chi connectivity index (χ1n) is 8.04. The third-order valence-electron chi connectivity index (χ3n) is 3.98. The molecule has 2 rings (SSSR count). The van der Waals surface area contributed by atoms with E-state index in [-0.39, 0.29) is 0 Å². The molecule has 0 bridgehead atoms. The van der Waals surface area contributed by atoms with Crippen molar-refractivity contribution >= 4 is 6.09 Å². The Labute approximate surface area is 148 Å². The number of amides is 1. The van der Waals surface area contributed by atoms with Crippen molar-refractivity contribution in [2.45, 2.75) is 46.3 Å². The Morgan fingerprint density at radius 3 is 2.20 bits per heavy atom. The number of allylic oxidation sites excluding steroid dienone is 4. The highest BCUT2D eigenvalue weighted by Crippen LogP contribution is 2.35. The summed E-state index contributed by atoms with van der Waals surface area (Å²) in [6.45, 7) is 8.98. The van der Waals surface area contributed by atoms with E-state index in [1.165, 1.54) is 4.90 Å². The van der Waals surface area contributed by atoms with Gasteiger partial charge in [-0.05, 0) is 40.7 Å². The van der Waals surface area contributed by atoms with E-state index in [9.17, 15) is 15.3 Å². The lowest BCUT2D eigenvalue weighted by Crippen LogP contribution is -2.46. The van der Waals surface area contributed by atoms with Crippen molar-refractivity contribution in [2.75, 3.05) is 0 Å². The first-order chi connectivity index (χ1) is 11.7. The second-order valence-electron chi connectivity index (χ2n) is 7.01. The molecule has 0 aromatic rings. The van der Waals surface area contributed by atoms with Crippen molar-refractivity contribution in [3.63, 3.8) is 0 Å². The van der Waals surface area contributed by atoms with E-state index in [1.807, 2.05) is 12.2 Å². The van der Waals surface area contributed by atoms with E-state index in [4.69, 9.17) is 4.74 Å². The van der Waals surface area contributed by atoms with Crippen LogP contribution < -0.4 is 5.32 Å². The summed E-state index contributed by atoms with van der Waals surface area (Å²) in [5, 5.41) is 22.3. The Balaban J connectivity index is 2.48. The number of nitriles is 2. The lowest BCUT2D eigenvalue weighted by atomic mass is 9.80. The number of nitrogens with one attached hydrogen (secondary N) is 1. The van der Waals surface area contributed by atoms with Gasteiger partial charge >= 0.3 is 6.09 Å². The van der Waals surface area contributed by atoms with Crippen molar-refractivity contribution in [3.05, 3.63) is 47.0 Å². The van der Waals surface area contributed by atoms with Gasteiger partial charge in [-0.3, -0.25) is 4.90 Å². The molecule has 1 unspecified atom stereocenters. The molecule has 6 nitrogen and oxygen atoms in total. The minimum Gasteiger partial charge on any atom is -0.443 e. The lowest BCUT2D eigenvalue weighted by molar-refractivity contribution is 0.0276. The van der Waals surface area contributed by atoms with Crippen LogP contribution in [0, 0.1) is 28.6 Å². The third kappa shape index (κ3) is 3.75. The number of ether oxygens (including phenoxy) is 1. The summed E-state index contributed by atoms with van der Waals surface area (Å²) in [6.07, 6.45) is 6.46. The molecule has 25 heavy (non-hydrogen) atoms. The largest absolute Gasteiger partial charge is 0.443 e. The lowest BCUT2D eigenvalue weighted by Gasteiger charge is -2.37. The Morgan fingerprint density at radius 2 is 1.72 bits per heavy atom. The van der Waals surface area contributed by atoms with Crippen LogP contribution in [0.1, 0.15) is 34.6 Å². The Hall–Kier alpha value is -2.99. The maximum Gasteiger partial charge on any atom is 0.414 e. The Bertz CT molecular complexity index is 746. The number of dihydropyridines is 1. The average Bonchev–Trinajstić information content (AvgIpc) is 2.52. The van der Waals surface area contributed by atoms with Gasteiger partial charge in [-0.15, -0.1) is 0 Å². The molecular formula is C19H22N4O2. The van der Waals surface area contributed by atoms with Gasteiger partial charge in [-0.2, -0.15) is 10.5 Å². The van der Waals surface area contributed by atoms with Crippen molar-refractivity contribution in [2.24, 2.45) is 5.92 Å². The van der Waals surface area contributed by atoms with Crippen LogP contribution in [0.3, 0.4) is 0 Å². The summed E-state index contributed by atoms with van der Waals surface area (Å²) in [5.41, 5.74) is 1.63. The highest BCUT2D eigenvalue weighted by atomic mass is 16.6. The molecule has 130 valence electrons. The zero-order valence-corrected chi connectivity index (χ0v) is 15.1. The van der Waals surface area contributed by atoms with Crippen LogP contribution in [0.5, 0.6) is 0 Å². The molecule has 1 amide bonds. The first kappa shape index (κ1) is 18.4. The molecule has 2 aliphatic rings. The fourth-order valence-corrected chi connectivity index (χ4v) is 2.96. The molecule has 1 N–H and O–H groups in total. The summed E-state index contributed by atoms with van der Waals surface area (Å²) in [5.74, 6) is -0.537. The van der Waals surface area contributed by atoms with Gasteiger partial charge in [0, 0.05) is 17.6 Å². The molecule has 0 aromatic carbocycles. The van der Waals surface area contributed by atoms with Crippen LogP contribution in [0.4, 0.5) is 4.79 Å². The SMILES string of the molecule is CC1=C(C#N)C(C2C=CC=CN2C(=O)OC(C)(C)C)C(C#N)=C(C)N1. The van der Waals surface area contributed by atoms with Crippen LogP contribution in [-0.4, -0.2) is 22.6 Å². The smallest absolute Gasteiger partial charge is 0.414 e. The van der Waals surface area contributed by atoms with Crippen LogP contribution in [0.2, 0.25) is 0 Å². The fraction of sp³-hybridized carbons (Fsp3) is 0.421. The second-order valence-corrected chi connectivity index (χ2v) is 7.01. The predicted octanol–water partition coefficient (Wildman–Crippen LogP) is 3.49. The summed E-state index contributed by atoms with van der Waals surface area (Å²) >= 11 is 0. The van der Waals surface area contributed by atoms with Gasteiger partial charge in [0.25, 0.3) is 0 Å². The minimum absolute atomic E-state index is 0.445. The highest BCUT2D eigenvalue weighted by Gasteiger charge is 2.39. The molecule has 0 saturated heterocycles. The minimum atomic E-state index is -0.640. The van der Waals surface area contributed by atoms with Crippen molar-refractivity contribution in [1.29, 1.82) is 10.5 Å². The van der Waals surface area contributed by atoms with Gasteiger partial charge in [-0.1, -0.05) is 12.2 Å². The van der Waals surface area contributed by atoms with Crippen molar-refractivity contribution in [1.82, 2.24) is 10.2 Å². The molecule has 0 radical (unpaired) electrons. The van der Waals surface area contributed by atoms with Crippen molar-refractivity contribution in [3.8, 4) is 12.1 Å². The number of carbonyl (C=O) groups excluding carboxylic acids is 1. The van der Waals surface area contributed by atoms with Gasteiger partial charge in [0.05, 0.1) is 35.2 Å². The van der Waals surface area contributed by atoms with Gasteiger partial charge in [0.2, 0.25) is 0 Å². The average molecular weight is 338 g/mol. The van der Waals surface area contributed by atoms with E-state index < -0.39 is 23.7 Å². The molecule has 2 aliphatic heterocycles. The summed E-state index contributed by atoms with van der Waals surface area (Å²) in [6, 6.07) is 3.87. The quantitative estimate of drug-likeness (QED) is 0.790. The molecule has 1 atom stereocenters. The van der Waals surface area contributed by atoms with Crippen LogP contribution in [0.15, 0.2) is 47.0 Å². The second kappa shape index (κ2) is 6.86. The molecule has 2 heterocycles. The predicted molar refractivity (Wildman–Crippen MR) is 93.4 cm³/mol. The van der Waals surface area contributed by atoms with Gasteiger partial charge in [0.1, 0.15) is 5.60 Å². The maximum atomic E-state index is 12.6. The third-order valence-corrected chi connectivity index (χ3v) is 3.98. The van der Waals surface area contributed by atoms with Gasteiger partial charge < -0.3 is 10.1 Å². The zero-order valence-electron chi connectivity index (χ0n) is 15.1. The number of hydrogen-bond acceptors (Lipinski definition) is 5. The summed E-state index contributed by atoms with van der Waals surface area (Å²) in [4.78, 5) is 14.1. The molecule has 0 aromatic heterocycles. The maximum absolute atomic E-state index is 12.6. The number of rotatable bonds is 1. The fourth-order valence-electron chi connectivity index (χ4n) is 2.96. The Kier molecular flexibility index (Phi) is 5.04. The monoisotopic (exact) mass is 338 g/mol. The number of carbonyl (C=O) groups is 1. The topological polar surface area (TPSA) is 89.2 Å². The number of nitrogens with zero attached hydrogens (tertiary/aromatic N) is 3. The van der Waals surface area contributed by atoms with Gasteiger partial charge in [0.15, 0.2) is 0 Å². The Morgan fingerprint density at radius 1 is 1.16 bits per heavy atom. The molecular weight excluding hydrogens is 316 g/mol. The summed E-state index contributed by atoms with van der Waals surface area (Å²) in [7, 11) is 0. The summed E-state index contributed by atoms with van der Waals surface area (Å²) < 4.78 is 5.48. The zero-order chi connectivity index (χ0) is 18.8. The van der Waals surface area contributed by atoms with E-state index in [2.05, 4.69) is 17.5 Å². The molecule has 0 saturated carbocycles. The van der Waals surface area contributed by atoms with E-state index in [0.717, 1.165) is 0 Å². The van der Waals surface area contributed by atoms with Crippen LogP contribution >= 0.6 is 0 Å². The first-order valence-corrected chi connectivity index (χ1v) is 8.04. The van der Waals surface area contributed by atoms with Crippen LogP contribution in [-0.2, 0) is 4.74 Å².